The Hall–Kier alpha value is -1.18. The maximum atomic E-state index is 6.29. The molecule has 0 radical (unpaired) electrons. The molecule has 3 atom stereocenters. The molecule has 2 nitrogen and oxygen atoms in total. The molecule has 1 saturated carbocycles. The monoisotopic (exact) mass is 259 g/mol. The minimum absolute atomic E-state index is 0.365. The lowest BCUT2D eigenvalue weighted by Gasteiger charge is -2.42. The van der Waals surface area contributed by atoms with E-state index in [9.17, 15) is 0 Å². The third kappa shape index (κ3) is 2.33. The van der Waals surface area contributed by atoms with Gasteiger partial charge in [-0.2, -0.15) is 0 Å². The van der Waals surface area contributed by atoms with Crippen LogP contribution in [0, 0.1) is 25.7 Å². The molecule has 2 heteroatoms. The molecule has 3 rings (SSSR count). The van der Waals surface area contributed by atoms with Gasteiger partial charge in [0.15, 0.2) is 0 Å². The summed E-state index contributed by atoms with van der Waals surface area (Å²) in [4.78, 5) is 0. The van der Waals surface area contributed by atoms with Crippen molar-refractivity contribution in [3.05, 3.63) is 23.3 Å². The summed E-state index contributed by atoms with van der Waals surface area (Å²) in [5.41, 5.74) is 3.76. The van der Waals surface area contributed by atoms with Crippen molar-refractivity contribution in [3.8, 4) is 5.75 Å². The molecule has 1 fully saturated rings. The van der Waals surface area contributed by atoms with Crippen LogP contribution in [-0.4, -0.2) is 12.1 Å². The molecule has 0 saturated heterocycles. The Bertz CT molecular complexity index is 480. The van der Waals surface area contributed by atoms with E-state index in [1.807, 2.05) is 0 Å². The third-order valence-corrected chi connectivity index (χ3v) is 4.80. The maximum Gasteiger partial charge on any atom is 0.145 e. The molecule has 0 spiro atoms. The maximum absolute atomic E-state index is 6.29. The lowest BCUT2D eigenvalue weighted by Crippen LogP contribution is -2.46. The Balaban J connectivity index is 1.85. The van der Waals surface area contributed by atoms with Crippen molar-refractivity contribution in [2.24, 2.45) is 11.8 Å². The van der Waals surface area contributed by atoms with Gasteiger partial charge in [-0.15, -0.1) is 0 Å². The van der Waals surface area contributed by atoms with Crippen LogP contribution >= 0.6 is 0 Å². The smallest absolute Gasteiger partial charge is 0.145 e. The van der Waals surface area contributed by atoms with Gasteiger partial charge in [0.05, 0.1) is 11.7 Å². The van der Waals surface area contributed by atoms with Gasteiger partial charge in [0.1, 0.15) is 11.9 Å². The molecule has 1 aromatic rings. The average Bonchev–Trinajstić information content (AvgIpc) is 2.35. The van der Waals surface area contributed by atoms with Crippen LogP contribution in [0.4, 0.5) is 5.69 Å². The summed E-state index contributed by atoms with van der Waals surface area (Å²) in [6.45, 7) is 8.99. The fourth-order valence-electron chi connectivity index (χ4n) is 3.64. The minimum atomic E-state index is 0.365. The molecule has 1 heterocycles. The number of rotatable bonds is 1. The van der Waals surface area contributed by atoms with E-state index in [4.69, 9.17) is 4.74 Å². The summed E-state index contributed by atoms with van der Waals surface area (Å²) in [6, 6.07) is 4.92. The molecule has 3 unspecified atom stereocenters. The van der Waals surface area contributed by atoms with E-state index in [0.29, 0.717) is 12.1 Å². The SMILES string of the molecule is Cc1cc(C)c2c(c1)NC1CC(C(C)C)CCC1O2. The quantitative estimate of drug-likeness (QED) is 0.812. The molecular formula is C17H25NO. The van der Waals surface area contributed by atoms with Crippen molar-refractivity contribution in [3.63, 3.8) is 0 Å². The first-order valence-corrected chi connectivity index (χ1v) is 7.59. The highest BCUT2D eigenvalue weighted by atomic mass is 16.5. The minimum Gasteiger partial charge on any atom is -0.486 e. The van der Waals surface area contributed by atoms with Gasteiger partial charge in [-0.3, -0.25) is 0 Å². The highest BCUT2D eigenvalue weighted by Gasteiger charge is 2.36. The van der Waals surface area contributed by atoms with Crippen molar-refractivity contribution >= 4 is 5.69 Å². The van der Waals surface area contributed by atoms with E-state index in [1.165, 1.54) is 36.1 Å². The molecular weight excluding hydrogens is 234 g/mol. The number of nitrogens with one attached hydrogen (secondary N) is 1. The van der Waals surface area contributed by atoms with Gasteiger partial charge in [0, 0.05) is 0 Å². The van der Waals surface area contributed by atoms with Crippen molar-refractivity contribution in [1.82, 2.24) is 0 Å². The predicted molar refractivity (Wildman–Crippen MR) is 79.9 cm³/mol. The fourth-order valence-corrected chi connectivity index (χ4v) is 3.64. The number of fused-ring (bicyclic) bond motifs is 2. The zero-order valence-electron chi connectivity index (χ0n) is 12.5. The molecule has 19 heavy (non-hydrogen) atoms. The molecule has 104 valence electrons. The Morgan fingerprint density at radius 3 is 2.74 bits per heavy atom. The molecule has 1 N–H and O–H groups in total. The van der Waals surface area contributed by atoms with Crippen LogP contribution in [0.2, 0.25) is 0 Å². The number of ether oxygens (including phenoxy) is 1. The second-order valence-electron chi connectivity index (χ2n) is 6.68. The summed E-state index contributed by atoms with van der Waals surface area (Å²) < 4.78 is 6.29. The largest absolute Gasteiger partial charge is 0.486 e. The number of aryl methyl sites for hydroxylation is 2. The lowest BCUT2D eigenvalue weighted by molar-refractivity contribution is 0.0941. The topological polar surface area (TPSA) is 21.3 Å². The van der Waals surface area contributed by atoms with Crippen LogP contribution < -0.4 is 10.1 Å². The Kier molecular flexibility index (Phi) is 3.20. The van der Waals surface area contributed by atoms with Gasteiger partial charge < -0.3 is 10.1 Å². The van der Waals surface area contributed by atoms with Gasteiger partial charge in [-0.25, -0.2) is 0 Å². The number of benzene rings is 1. The highest BCUT2D eigenvalue weighted by Crippen LogP contribution is 2.41. The van der Waals surface area contributed by atoms with Crippen LogP contribution in [0.1, 0.15) is 44.2 Å². The van der Waals surface area contributed by atoms with Crippen LogP contribution in [0.5, 0.6) is 5.75 Å². The molecule has 0 amide bonds. The standard InChI is InChI=1S/C17H25NO/c1-10(2)13-5-6-16-14(9-13)18-15-8-11(3)7-12(4)17(15)19-16/h7-8,10,13-14,16,18H,5-6,9H2,1-4H3. The van der Waals surface area contributed by atoms with Crippen molar-refractivity contribution in [1.29, 1.82) is 0 Å². The van der Waals surface area contributed by atoms with Crippen molar-refractivity contribution in [2.45, 2.75) is 59.1 Å². The lowest BCUT2D eigenvalue weighted by atomic mass is 9.77. The molecule has 0 bridgehead atoms. The van der Waals surface area contributed by atoms with Gasteiger partial charge in [-0.1, -0.05) is 19.9 Å². The Labute approximate surface area is 116 Å². The first kappa shape index (κ1) is 12.8. The number of hydrogen-bond donors (Lipinski definition) is 1. The number of anilines is 1. The zero-order valence-corrected chi connectivity index (χ0v) is 12.5. The molecule has 1 aliphatic carbocycles. The predicted octanol–water partition coefficient (Wildman–Crippen LogP) is 4.30. The summed E-state index contributed by atoms with van der Waals surface area (Å²) in [5.74, 6) is 2.70. The summed E-state index contributed by atoms with van der Waals surface area (Å²) in [7, 11) is 0. The van der Waals surface area contributed by atoms with Crippen LogP contribution in [-0.2, 0) is 0 Å². The van der Waals surface area contributed by atoms with Crippen LogP contribution in [0.3, 0.4) is 0 Å². The fraction of sp³-hybridized carbons (Fsp3) is 0.647. The van der Waals surface area contributed by atoms with Crippen molar-refractivity contribution < 1.29 is 4.74 Å². The summed E-state index contributed by atoms with van der Waals surface area (Å²) in [5, 5.41) is 3.74. The molecule has 1 aromatic carbocycles. The van der Waals surface area contributed by atoms with Crippen molar-refractivity contribution in [2.75, 3.05) is 5.32 Å². The van der Waals surface area contributed by atoms with E-state index in [-0.39, 0.29) is 0 Å². The average molecular weight is 259 g/mol. The summed E-state index contributed by atoms with van der Waals surface area (Å²) >= 11 is 0. The first-order valence-electron chi connectivity index (χ1n) is 7.59. The van der Waals surface area contributed by atoms with Crippen LogP contribution in [0.25, 0.3) is 0 Å². The molecule has 2 aliphatic rings. The van der Waals surface area contributed by atoms with Crippen LogP contribution in [0.15, 0.2) is 12.1 Å². The molecule has 1 aliphatic heterocycles. The van der Waals surface area contributed by atoms with E-state index >= 15 is 0 Å². The second kappa shape index (κ2) is 4.73. The highest BCUT2D eigenvalue weighted by molar-refractivity contribution is 5.63. The van der Waals surface area contributed by atoms with Gasteiger partial charge in [0.25, 0.3) is 0 Å². The zero-order chi connectivity index (χ0) is 13.6. The van der Waals surface area contributed by atoms with Gasteiger partial charge in [-0.05, 0) is 62.1 Å². The second-order valence-corrected chi connectivity index (χ2v) is 6.68. The third-order valence-electron chi connectivity index (χ3n) is 4.80. The van der Waals surface area contributed by atoms with Gasteiger partial charge >= 0.3 is 0 Å². The van der Waals surface area contributed by atoms with E-state index < -0.39 is 0 Å². The first-order chi connectivity index (χ1) is 9.04. The van der Waals surface area contributed by atoms with E-state index in [2.05, 4.69) is 45.1 Å². The number of hydrogen-bond acceptors (Lipinski definition) is 2. The molecule has 0 aromatic heterocycles. The van der Waals surface area contributed by atoms with Gasteiger partial charge in [0.2, 0.25) is 0 Å². The van der Waals surface area contributed by atoms with E-state index in [0.717, 1.165) is 17.6 Å². The Morgan fingerprint density at radius 1 is 1.21 bits per heavy atom. The Morgan fingerprint density at radius 2 is 2.00 bits per heavy atom. The summed E-state index contributed by atoms with van der Waals surface area (Å²) in [6.07, 6.45) is 4.10. The normalized spacial score (nSPS) is 29.2. The van der Waals surface area contributed by atoms with E-state index in [1.54, 1.807) is 0 Å².